The number of amides is 2. The van der Waals surface area contributed by atoms with Crippen LogP contribution in [0.5, 0.6) is 0 Å². The van der Waals surface area contributed by atoms with Crippen LogP contribution >= 0.6 is 11.6 Å². The van der Waals surface area contributed by atoms with Gasteiger partial charge in [0.05, 0.1) is 16.3 Å². The second kappa shape index (κ2) is 6.41. The number of nitrogens with one attached hydrogen (secondary N) is 2. The Labute approximate surface area is 122 Å². The van der Waals surface area contributed by atoms with Crippen LogP contribution in [-0.4, -0.2) is 23.3 Å². The van der Waals surface area contributed by atoms with E-state index in [2.05, 4.69) is 10.6 Å². The molecular formula is C14H18ClFN2O2. The van der Waals surface area contributed by atoms with E-state index in [9.17, 15) is 14.3 Å². The summed E-state index contributed by atoms with van der Waals surface area (Å²) in [6, 6.07) is 3.28. The normalized spacial score (nSPS) is 17.6. The minimum Gasteiger partial charge on any atom is -0.388 e. The van der Waals surface area contributed by atoms with E-state index >= 15 is 0 Å². The molecule has 3 N–H and O–H groups in total. The highest BCUT2D eigenvalue weighted by atomic mass is 35.5. The molecule has 0 aromatic heterocycles. The third kappa shape index (κ3) is 4.08. The zero-order valence-corrected chi connectivity index (χ0v) is 11.8. The topological polar surface area (TPSA) is 61.4 Å². The van der Waals surface area contributed by atoms with Crippen molar-refractivity contribution in [3.8, 4) is 0 Å². The van der Waals surface area contributed by atoms with Gasteiger partial charge < -0.3 is 15.7 Å². The van der Waals surface area contributed by atoms with Crippen LogP contribution in [0.1, 0.15) is 32.1 Å². The number of halogens is 2. The third-order valence-electron chi connectivity index (χ3n) is 3.54. The fourth-order valence-corrected chi connectivity index (χ4v) is 2.60. The molecule has 1 aromatic carbocycles. The lowest BCUT2D eigenvalue weighted by Crippen LogP contribution is -2.45. The molecule has 1 fully saturated rings. The summed E-state index contributed by atoms with van der Waals surface area (Å²) in [5.74, 6) is -0.461. The molecule has 0 heterocycles. The molecule has 0 saturated heterocycles. The molecule has 1 aliphatic rings. The number of carbonyl (C=O) groups excluding carboxylic acids is 1. The Balaban J connectivity index is 1.86. The molecular weight excluding hydrogens is 283 g/mol. The van der Waals surface area contributed by atoms with Crippen molar-refractivity contribution in [2.24, 2.45) is 0 Å². The summed E-state index contributed by atoms with van der Waals surface area (Å²) in [5.41, 5.74) is -0.483. The van der Waals surface area contributed by atoms with Crippen LogP contribution in [0.15, 0.2) is 18.2 Å². The molecule has 0 aliphatic heterocycles. The Kier molecular flexibility index (Phi) is 4.83. The number of carbonyl (C=O) groups is 1. The molecule has 6 heteroatoms. The largest absolute Gasteiger partial charge is 0.388 e. The van der Waals surface area contributed by atoms with Crippen molar-refractivity contribution in [2.45, 2.75) is 37.7 Å². The predicted octanol–water partition coefficient (Wildman–Crippen LogP) is 3.30. The lowest BCUT2D eigenvalue weighted by molar-refractivity contribution is 0.00755. The zero-order chi connectivity index (χ0) is 14.6. The first kappa shape index (κ1) is 15.1. The van der Waals surface area contributed by atoms with Crippen molar-refractivity contribution in [3.63, 3.8) is 0 Å². The smallest absolute Gasteiger partial charge is 0.319 e. The Morgan fingerprint density at radius 1 is 1.35 bits per heavy atom. The fraction of sp³-hybridized carbons (Fsp3) is 0.500. The average molecular weight is 301 g/mol. The maximum Gasteiger partial charge on any atom is 0.319 e. The van der Waals surface area contributed by atoms with Gasteiger partial charge in [-0.25, -0.2) is 9.18 Å². The van der Waals surface area contributed by atoms with Crippen molar-refractivity contribution < 1.29 is 14.3 Å². The molecule has 2 rings (SSSR count). The highest BCUT2D eigenvalue weighted by molar-refractivity contribution is 6.33. The van der Waals surface area contributed by atoms with Crippen LogP contribution in [0.3, 0.4) is 0 Å². The van der Waals surface area contributed by atoms with E-state index in [0.29, 0.717) is 18.5 Å². The van der Waals surface area contributed by atoms with Gasteiger partial charge in [0.25, 0.3) is 0 Å². The fourth-order valence-electron chi connectivity index (χ4n) is 2.39. The molecule has 2 amide bonds. The van der Waals surface area contributed by atoms with Crippen LogP contribution in [0, 0.1) is 5.82 Å². The second-order valence-corrected chi connectivity index (χ2v) is 5.62. The van der Waals surface area contributed by atoms with Crippen molar-refractivity contribution in [3.05, 3.63) is 29.0 Å². The maximum atomic E-state index is 12.9. The molecule has 0 radical (unpaired) electrons. The Hall–Kier alpha value is -1.33. The van der Waals surface area contributed by atoms with Gasteiger partial charge in [-0.1, -0.05) is 30.9 Å². The molecule has 1 aliphatic carbocycles. The van der Waals surface area contributed by atoms with E-state index in [-0.39, 0.29) is 11.6 Å². The van der Waals surface area contributed by atoms with Crippen molar-refractivity contribution in [1.82, 2.24) is 5.32 Å². The summed E-state index contributed by atoms with van der Waals surface area (Å²) in [7, 11) is 0. The Morgan fingerprint density at radius 3 is 2.70 bits per heavy atom. The van der Waals surface area contributed by atoms with Gasteiger partial charge in [0.1, 0.15) is 5.82 Å². The number of aliphatic hydroxyl groups is 1. The van der Waals surface area contributed by atoms with Crippen LogP contribution in [0.2, 0.25) is 5.02 Å². The van der Waals surface area contributed by atoms with Crippen LogP contribution in [0.4, 0.5) is 14.9 Å². The minimum atomic E-state index is -0.817. The molecule has 20 heavy (non-hydrogen) atoms. The first-order chi connectivity index (χ1) is 9.48. The number of benzene rings is 1. The Morgan fingerprint density at radius 2 is 2.05 bits per heavy atom. The van der Waals surface area contributed by atoms with Crippen molar-refractivity contribution in [1.29, 1.82) is 0 Å². The van der Waals surface area contributed by atoms with Crippen LogP contribution < -0.4 is 10.6 Å². The summed E-state index contributed by atoms with van der Waals surface area (Å²) < 4.78 is 12.9. The Bertz CT molecular complexity index is 490. The first-order valence-corrected chi connectivity index (χ1v) is 7.09. The van der Waals surface area contributed by atoms with Crippen molar-refractivity contribution in [2.75, 3.05) is 11.9 Å². The lowest BCUT2D eigenvalue weighted by Gasteiger charge is -2.32. The maximum absolute atomic E-state index is 12.9. The van der Waals surface area contributed by atoms with Gasteiger partial charge in [0, 0.05) is 6.54 Å². The van der Waals surface area contributed by atoms with Gasteiger partial charge in [0.2, 0.25) is 0 Å². The summed E-state index contributed by atoms with van der Waals surface area (Å²) in [4.78, 5) is 11.7. The lowest BCUT2D eigenvalue weighted by atomic mass is 9.85. The monoisotopic (exact) mass is 300 g/mol. The van der Waals surface area contributed by atoms with Gasteiger partial charge in [0.15, 0.2) is 0 Å². The van der Waals surface area contributed by atoms with E-state index in [1.807, 2.05) is 0 Å². The highest BCUT2D eigenvalue weighted by Crippen LogP contribution is 2.27. The summed E-state index contributed by atoms with van der Waals surface area (Å²) in [6.45, 7) is 0.206. The molecule has 0 atom stereocenters. The summed E-state index contributed by atoms with van der Waals surface area (Å²) in [6.07, 6.45) is 4.47. The molecule has 0 spiro atoms. The van der Waals surface area contributed by atoms with E-state index < -0.39 is 17.4 Å². The van der Waals surface area contributed by atoms with Gasteiger partial charge in [-0.3, -0.25) is 0 Å². The number of anilines is 1. The number of hydrogen-bond acceptors (Lipinski definition) is 2. The SMILES string of the molecule is O=C(NCC1(O)CCCCC1)Nc1ccc(F)cc1Cl. The van der Waals surface area contributed by atoms with Crippen LogP contribution in [0.25, 0.3) is 0 Å². The van der Waals surface area contributed by atoms with E-state index in [1.165, 1.54) is 12.1 Å². The molecule has 1 aromatic rings. The zero-order valence-electron chi connectivity index (χ0n) is 11.1. The molecule has 4 nitrogen and oxygen atoms in total. The number of urea groups is 1. The quantitative estimate of drug-likeness (QED) is 0.802. The van der Waals surface area contributed by atoms with E-state index in [0.717, 1.165) is 25.3 Å². The number of hydrogen-bond donors (Lipinski definition) is 3. The number of rotatable bonds is 3. The summed E-state index contributed by atoms with van der Waals surface area (Å²) in [5, 5.41) is 15.6. The van der Waals surface area contributed by atoms with Gasteiger partial charge in [-0.2, -0.15) is 0 Å². The van der Waals surface area contributed by atoms with Gasteiger partial charge >= 0.3 is 6.03 Å². The van der Waals surface area contributed by atoms with Crippen molar-refractivity contribution >= 4 is 23.3 Å². The highest BCUT2D eigenvalue weighted by Gasteiger charge is 2.29. The molecule has 0 unspecified atom stereocenters. The molecule has 110 valence electrons. The van der Waals surface area contributed by atoms with Crippen LogP contribution in [-0.2, 0) is 0 Å². The third-order valence-corrected chi connectivity index (χ3v) is 3.85. The minimum absolute atomic E-state index is 0.136. The average Bonchev–Trinajstić information content (AvgIpc) is 2.41. The van der Waals surface area contributed by atoms with Gasteiger partial charge in [-0.15, -0.1) is 0 Å². The predicted molar refractivity (Wildman–Crippen MR) is 76.5 cm³/mol. The molecule has 0 bridgehead atoms. The second-order valence-electron chi connectivity index (χ2n) is 5.22. The summed E-state index contributed by atoms with van der Waals surface area (Å²) >= 11 is 5.82. The molecule has 1 saturated carbocycles. The van der Waals surface area contributed by atoms with E-state index in [4.69, 9.17) is 11.6 Å². The standard InChI is InChI=1S/C14H18ClFN2O2/c15-11-8-10(16)4-5-12(11)18-13(19)17-9-14(20)6-2-1-3-7-14/h4-5,8,20H,1-3,6-7,9H2,(H2,17,18,19). The van der Waals surface area contributed by atoms with Gasteiger partial charge in [-0.05, 0) is 31.0 Å². The van der Waals surface area contributed by atoms with E-state index in [1.54, 1.807) is 0 Å². The first-order valence-electron chi connectivity index (χ1n) is 6.71.